The Bertz CT molecular complexity index is 1250. The molecule has 0 spiro atoms. The molecule has 1 heterocycles. The van der Waals surface area contributed by atoms with Crippen molar-refractivity contribution < 1.29 is 17.9 Å². The Labute approximate surface area is 198 Å². The van der Waals surface area contributed by atoms with E-state index in [-0.39, 0.29) is 33.1 Å². The van der Waals surface area contributed by atoms with E-state index in [9.17, 15) is 13.2 Å². The molecule has 1 aliphatic rings. The largest absolute Gasteiger partial charge is 0.495 e. The average Bonchev–Trinajstić information content (AvgIpc) is 3.28. The van der Waals surface area contributed by atoms with Gasteiger partial charge in [-0.05, 0) is 48.9 Å². The Morgan fingerprint density at radius 2 is 1.79 bits per heavy atom. The van der Waals surface area contributed by atoms with Gasteiger partial charge in [0.1, 0.15) is 10.6 Å². The number of benzene rings is 3. The quantitative estimate of drug-likeness (QED) is 0.515. The van der Waals surface area contributed by atoms with Gasteiger partial charge in [0.25, 0.3) is 15.9 Å². The molecule has 2 N–H and O–H groups in total. The molecule has 0 radical (unpaired) electrons. The summed E-state index contributed by atoms with van der Waals surface area (Å²) in [4.78, 5) is 14.7. The lowest BCUT2D eigenvalue weighted by Crippen LogP contribution is -2.31. The third-order valence-corrected chi connectivity index (χ3v) is 7.29. The summed E-state index contributed by atoms with van der Waals surface area (Å²) < 4.78 is 33.8. The minimum atomic E-state index is -4.05. The van der Waals surface area contributed by atoms with Crippen LogP contribution in [0.4, 0.5) is 11.4 Å². The van der Waals surface area contributed by atoms with Crippen LogP contribution in [0.5, 0.6) is 5.75 Å². The van der Waals surface area contributed by atoms with Crippen molar-refractivity contribution in [1.29, 1.82) is 0 Å². The minimum absolute atomic E-state index is 0.0268. The van der Waals surface area contributed by atoms with Gasteiger partial charge in [-0.2, -0.15) is 0 Å². The molecule has 172 valence electrons. The molecule has 0 aliphatic carbocycles. The number of likely N-dealkylation sites (tertiary alicyclic amines) is 1. The topological polar surface area (TPSA) is 87.7 Å². The fourth-order valence-electron chi connectivity index (χ4n) is 3.79. The number of nitrogens with zero attached hydrogens (tertiary/aromatic N) is 1. The minimum Gasteiger partial charge on any atom is -0.495 e. The van der Waals surface area contributed by atoms with Crippen LogP contribution in [-0.2, 0) is 10.0 Å². The monoisotopic (exact) mass is 485 g/mol. The Morgan fingerprint density at radius 1 is 1.06 bits per heavy atom. The van der Waals surface area contributed by atoms with Gasteiger partial charge < -0.3 is 15.0 Å². The van der Waals surface area contributed by atoms with Gasteiger partial charge in [0.2, 0.25) is 0 Å². The van der Waals surface area contributed by atoms with Gasteiger partial charge in [-0.3, -0.25) is 9.52 Å². The first-order chi connectivity index (χ1) is 15.9. The zero-order valence-electron chi connectivity index (χ0n) is 18.0. The molecule has 0 aromatic heterocycles. The number of ether oxygens (including phenoxy) is 1. The second kappa shape index (κ2) is 9.72. The van der Waals surface area contributed by atoms with Gasteiger partial charge >= 0.3 is 0 Å². The highest BCUT2D eigenvalue weighted by Gasteiger charge is 2.28. The molecule has 7 nitrogen and oxygen atoms in total. The Balaban J connectivity index is 1.51. The van der Waals surface area contributed by atoms with E-state index >= 15 is 0 Å². The number of sulfonamides is 1. The van der Waals surface area contributed by atoms with Gasteiger partial charge in [0, 0.05) is 30.4 Å². The fourth-order valence-corrected chi connectivity index (χ4v) is 5.38. The van der Waals surface area contributed by atoms with Crippen LogP contribution >= 0.6 is 11.6 Å². The van der Waals surface area contributed by atoms with Crippen molar-refractivity contribution in [2.75, 3.05) is 30.2 Å². The van der Waals surface area contributed by atoms with Crippen LogP contribution in [0.2, 0.25) is 5.02 Å². The standard InChI is InChI=1S/C24H24ClN3O4S/c1-32-22-10-6-5-9-21(22)27-33(30,31)23-15-17(11-12-20(23)25)24(29)28-14-13-19(16-28)26-18-7-3-2-4-8-18/h2-12,15,19,26-27H,13-14,16H2,1H3. The molecule has 3 aromatic carbocycles. The van der Waals surface area contributed by atoms with Crippen molar-refractivity contribution in [2.45, 2.75) is 17.4 Å². The van der Waals surface area contributed by atoms with Crippen LogP contribution in [0, 0.1) is 0 Å². The summed E-state index contributed by atoms with van der Waals surface area (Å²) in [5.41, 5.74) is 1.54. The normalized spacial score (nSPS) is 15.8. The Hall–Kier alpha value is -3.23. The second-order valence-corrected chi connectivity index (χ2v) is 9.76. The summed E-state index contributed by atoms with van der Waals surface area (Å²) in [6.07, 6.45) is 0.800. The molecular formula is C24H24ClN3O4S. The summed E-state index contributed by atoms with van der Waals surface area (Å²) in [5, 5.41) is 3.45. The molecule has 1 aliphatic heterocycles. The van der Waals surface area contributed by atoms with Crippen molar-refractivity contribution in [3.8, 4) is 5.75 Å². The lowest BCUT2D eigenvalue weighted by Gasteiger charge is -2.19. The van der Waals surface area contributed by atoms with Crippen LogP contribution < -0.4 is 14.8 Å². The first-order valence-electron chi connectivity index (χ1n) is 10.4. The van der Waals surface area contributed by atoms with E-state index in [0.29, 0.717) is 18.8 Å². The van der Waals surface area contributed by atoms with E-state index in [0.717, 1.165) is 12.1 Å². The molecule has 0 saturated carbocycles. The zero-order valence-corrected chi connectivity index (χ0v) is 19.6. The molecule has 1 unspecified atom stereocenters. The summed E-state index contributed by atoms with van der Waals surface area (Å²) in [5.74, 6) is 0.135. The number of carbonyl (C=O) groups is 1. The highest BCUT2D eigenvalue weighted by molar-refractivity contribution is 7.92. The highest BCUT2D eigenvalue weighted by atomic mass is 35.5. The van der Waals surface area contributed by atoms with E-state index in [1.54, 1.807) is 35.2 Å². The van der Waals surface area contributed by atoms with Crippen molar-refractivity contribution in [3.63, 3.8) is 0 Å². The summed E-state index contributed by atoms with van der Waals surface area (Å²) in [6, 6.07) is 20.9. The highest BCUT2D eigenvalue weighted by Crippen LogP contribution is 2.30. The van der Waals surface area contributed by atoms with E-state index in [1.807, 2.05) is 30.3 Å². The maximum atomic E-state index is 13.1. The molecule has 0 bridgehead atoms. The third kappa shape index (κ3) is 5.23. The van der Waals surface area contributed by atoms with Crippen molar-refractivity contribution in [3.05, 3.63) is 83.4 Å². The van der Waals surface area contributed by atoms with Crippen LogP contribution in [-0.4, -0.2) is 45.5 Å². The first-order valence-corrected chi connectivity index (χ1v) is 12.3. The number of carbonyl (C=O) groups excluding carboxylic acids is 1. The third-order valence-electron chi connectivity index (χ3n) is 5.44. The summed E-state index contributed by atoms with van der Waals surface area (Å²) in [7, 11) is -2.60. The number of hydrogen-bond acceptors (Lipinski definition) is 5. The average molecular weight is 486 g/mol. The van der Waals surface area contributed by atoms with Crippen LogP contribution in [0.25, 0.3) is 0 Å². The lowest BCUT2D eigenvalue weighted by molar-refractivity contribution is 0.0791. The number of amides is 1. The van der Waals surface area contributed by atoms with Gasteiger partial charge in [-0.15, -0.1) is 0 Å². The van der Waals surface area contributed by atoms with Crippen molar-refractivity contribution in [2.24, 2.45) is 0 Å². The van der Waals surface area contributed by atoms with Crippen LogP contribution in [0.15, 0.2) is 77.7 Å². The molecule has 1 atom stereocenters. The van der Waals surface area contributed by atoms with Gasteiger partial charge in [-0.1, -0.05) is 41.9 Å². The SMILES string of the molecule is COc1ccccc1NS(=O)(=O)c1cc(C(=O)N2CCC(Nc3ccccc3)C2)ccc1Cl. The van der Waals surface area contributed by atoms with Gasteiger partial charge in [-0.25, -0.2) is 8.42 Å². The van der Waals surface area contributed by atoms with E-state index < -0.39 is 10.0 Å². The van der Waals surface area contributed by atoms with Crippen molar-refractivity contribution >= 4 is 38.9 Å². The molecule has 1 amide bonds. The molecule has 4 rings (SSSR count). The van der Waals surface area contributed by atoms with E-state index in [4.69, 9.17) is 16.3 Å². The van der Waals surface area contributed by atoms with Gasteiger partial charge in [0.05, 0.1) is 17.8 Å². The fraction of sp³-hybridized carbons (Fsp3) is 0.208. The van der Waals surface area contributed by atoms with Gasteiger partial charge in [0.15, 0.2) is 0 Å². The number of halogens is 1. The zero-order chi connectivity index (χ0) is 23.4. The molecule has 1 saturated heterocycles. The van der Waals surface area contributed by atoms with Crippen LogP contribution in [0.3, 0.4) is 0 Å². The Morgan fingerprint density at radius 3 is 2.55 bits per heavy atom. The predicted molar refractivity (Wildman–Crippen MR) is 130 cm³/mol. The summed E-state index contributed by atoms with van der Waals surface area (Å²) >= 11 is 6.21. The Kier molecular flexibility index (Phi) is 6.76. The molecule has 9 heteroatoms. The number of para-hydroxylation sites is 3. The predicted octanol–water partition coefficient (Wildman–Crippen LogP) is 4.48. The van der Waals surface area contributed by atoms with E-state index in [2.05, 4.69) is 10.0 Å². The molecule has 1 fully saturated rings. The smallest absolute Gasteiger partial charge is 0.263 e. The molecular weight excluding hydrogens is 462 g/mol. The lowest BCUT2D eigenvalue weighted by atomic mass is 10.2. The maximum absolute atomic E-state index is 13.1. The second-order valence-electron chi connectivity index (χ2n) is 7.70. The molecule has 3 aromatic rings. The number of methoxy groups -OCH3 is 1. The van der Waals surface area contributed by atoms with Crippen LogP contribution in [0.1, 0.15) is 16.8 Å². The first kappa shape index (κ1) is 22.9. The van der Waals surface area contributed by atoms with Crippen molar-refractivity contribution in [1.82, 2.24) is 4.90 Å². The number of anilines is 2. The molecule has 33 heavy (non-hydrogen) atoms. The maximum Gasteiger partial charge on any atom is 0.263 e. The summed E-state index contributed by atoms with van der Waals surface area (Å²) in [6.45, 7) is 1.10. The number of rotatable bonds is 7. The number of hydrogen-bond donors (Lipinski definition) is 2. The number of nitrogens with one attached hydrogen (secondary N) is 2. The van der Waals surface area contributed by atoms with E-state index in [1.165, 1.54) is 19.2 Å².